The molecule has 2 heterocycles. The van der Waals surface area contributed by atoms with Crippen LogP contribution in [-0.2, 0) is 0 Å². The van der Waals surface area contributed by atoms with Crippen LogP contribution in [0.4, 0.5) is 0 Å². The molecular formula is C14H11ClN2OS. The molecule has 1 aromatic heterocycles. The van der Waals surface area contributed by atoms with Gasteiger partial charge in [0.1, 0.15) is 5.01 Å². The summed E-state index contributed by atoms with van der Waals surface area (Å²) >= 11 is 7.45. The number of allylic oxidation sites excluding steroid dienone is 2. The highest BCUT2D eigenvalue weighted by molar-refractivity contribution is 7.11. The molecule has 96 valence electrons. The van der Waals surface area contributed by atoms with Crippen molar-refractivity contribution in [1.29, 1.82) is 0 Å². The van der Waals surface area contributed by atoms with Gasteiger partial charge in [-0.1, -0.05) is 29.8 Å². The molecule has 3 nitrogen and oxygen atoms in total. The number of thiazole rings is 1. The molecule has 1 aromatic carbocycles. The lowest BCUT2D eigenvalue weighted by Crippen LogP contribution is -2.16. The summed E-state index contributed by atoms with van der Waals surface area (Å²) in [5, 5.41) is 14.3. The first-order valence-corrected chi connectivity index (χ1v) is 7.03. The van der Waals surface area contributed by atoms with E-state index in [2.05, 4.69) is 4.98 Å². The highest BCUT2D eigenvalue weighted by Gasteiger charge is 2.12. The zero-order valence-corrected chi connectivity index (χ0v) is 11.5. The molecule has 0 amide bonds. The van der Waals surface area contributed by atoms with E-state index < -0.39 is 0 Å². The minimum Gasteiger partial charge on any atom is -0.289 e. The monoisotopic (exact) mass is 290 g/mol. The number of nitrogens with zero attached hydrogens (tertiary/aromatic N) is 2. The summed E-state index contributed by atoms with van der Waals surface area (Å²) in [6.07, 6.45) is 5.40. The third-order valence-electron chi connectivity index (χ3n) is 2.81. The van der Waals surface area contributed by atoms with Gasteiger partial charge in [0.2, 0.25) is 0 Å². The molecule has 1 N–H and O–H groups in total. The van der Waals surface area contributed by atoms with Gasteiger partial charge in [0.15, 0.2) is 0 Å². The summed E-state index contributed by atoms with van der Waals surface area (Å²) in [5.41, 5.74) is 2.98. The van der Waals surface area contributed by atoms with E-state index >= 15 is 0 Å². The summed E-state index contributed by atoms with van der Waals surface area (Å²) in [5.74, 6) is 0. The molecule has 3 rings (SSSR count). The first-order chi connectivity index (χ1) is 9.22. The van der Waals surface area contributed by atoms with E-state index in [-0.39, 0.29) is 0 Å². The van der Waals surface area contributed by atoms with Crippen molar-refractivity contribution in [2.75, 3.05) is 6.54 Å². The lowest BCUT2D eigenvalue weighted by atomic mass is 10.2. The SMILES string of the molecule is ON1C=CC=C(c2nc(-c3ccc(Cl)cc3)cs2)C1. The molecule has 1 aliphatic rings. The fourth-order valence-electron chi connectivity index (χ4n) is 1.85. The average Bonchev–Trinajstić information content (AvgIpc) is 2.89. The van der Waals surface area contributed by atoms with Gasteiger partial charge in [0.05, 0.1) is 12.2 Å². The number of hydrogen-bond acceptors (Lipinski definition) is 4. The van der Waals surface area contributed by atoms with Crippen molar-refractivity contribution in [2.24, 2.45) is 0 Å². The van der Waals surface area contributed by atoms with Crippen LogP contribution in [0.15, 0.2) is 48.0 Å². The molecule has 0 fully saturated rings. The lowest BCUT2D eigenvalue weighted by molar-refractivity contribution is -0.0278. The maximum Gasteiger partial charge on any atom is 0.121 e. The van der Waals surface area contributed by atoms with Crippen molar-refractivity contribution >= 4 is 28.5 Å². The Morgan fingerprint density at radius 3 is 2.79 bits per heavy atom. The number of hydrogen-bond donors (Lipinski definition) is 1. The van der Waals surface area contributed by atoms with Crippen molar-refractivity contribution in [3.8, 4) is 11.3 Å². The predicted octanol–water partition coefficient (Wildman–Crippen LogP) is 4.07. The second-order valence-corrected chi connectivity index (χ2v) is 5.47. The highest BCUT2D eigenvalue weighted by Crippen LogP contribution is 2.28. The summed E-state index contributed by atoms with van der Waals surface area (Å²) in [6.45, 7) is 0.462. The Hall–Kier alpha value is -1.62. The summed E-state index contributed by atoms with van der Waals surface area (Å²) in [7, 11) is 0. The first kappa shape index (κ1) is 12.4. The third-order valence-corrected chi connectivity index (χ3v) is 3.98. The van der Waals surface area contributed by atoms with Crippen LogP contribution in [0.25, 0.3) is 16.8 Å². The maximum atomic E-state index is 9.46. The molecule has 0 spiro atoms. The minimum atomic E-state index is 0.462. The van der Waals surface area contributed by atoms with Gasteiger partial charge < -0.3 is 0 Å². The van der Waals surface area contributed by atoms with E-state index in [1.165, 1.54) is 0 Å². The molecule has 0 radical (unpaired) electrons. The molecule has 5 heteroatoms. The molecule has 2 aromatic rings. The molecule has 0 aliphatic carbocycles. The van der Waals surface area contributed by atoms with Gasteiger partial charge in [-0.3, -0.25) is 10.3 Å². The Morgan fingerprint density at radius 1 is 1.26 bits per heavy atom. The van der Waals surface area contributed by atoms with Crippen LogP contribution in [0.1, 0.15) is 5.01 Å². The van der Waals surface area contributed by atoms with E-state index in [1.807, 2.05) is 41.8 Å². The molecule has 0 atom stereocenters. The number of benzene rings is 1. The Bertz CT molecular complexity index is 646. The fraction of sp³-hybridized carbons (Fsp3) is 0.0714. The van der Waals surface area contributed by atoms with Crippen LogP contribution in [0.3, 0.4) is 0 Å². The Kier molecular flexibility index (Phi) is 3.38. The number of aromatic nitrogens is 1. The minimum absolute atomic E-state index is 0.462. The topological polar surface area (TPSA) is 36.4 Å². The third kappa shape index (κ3) is 2.71. The van der Waals surface area contributed by atoms with Crippen LogP contribution in [0.2, 0.25) is 5.02 Å². The zero-order chi connectivity index (χ0) is 13.2. The van der Waals surface area contributed by atoms with E-state index in [9.17, 15) is 5.21 Å². The quantitative estimate of drug-likeness (QED) is 0.906. The molecule has 0 saturated carbocycles. The maximum absolute atomic E-state index is 9.46. The standard InChI is InChI=1S/C14H11ClN2OS/c15-12-5-3-10(4-6-12)13-9-19-14(16-13)11-2-1-7-17(18)8-11/h1-7,9,18H,8H2. The highest BCUT2D eigenvalue weighted by atomic mass is 35.5. The number of hydroxylamine groups is 2. The lowest BCUT2D eigenvalue weighted by Gasteiger charge is -2.15. The van der Waals surface area contributed by atoms with Crippen LogP contribution >= 0.6 is 22.9 Å². The van der Waals surface area contributed by atoms with Gasteiger partial charge in [-0.15, -0.1) is 11.3 Å². The van der Waals surface area contributed by atoms with E-state index in [0.29, 0.717) is 6.54 Å². The van der Waals surface area contributed by atoms with Crippen molar-refractivity contribution in [3.05, 3.63) is 58.0 Å². The number of halogens is 1. The normalized spacial score (nSPS) is 14.6. The van der Waals surface area contributed by atoms with Crippen molar-refractivity contribution < 1.29 is 5.21 Å². The molecule has 19 heavy (non-hydrogen) atoms. The van der Waals surface area contributed by atoms with E-state index in [0.717, 1.165) is 31.9 Å². The van der Waals surface area contributed by atoms with E-state index in [1.54, 1.807) is 17.5 Å². The summed E-state index contributed by atoms with van der Waals surface area (Å²) in [4.78, 5) is 4.60. The Morgan fingerprint density at radius 2 is 2.05 bits per heavy atom. The van der Waals surface area contributed by atoms with Gasteiger partial charge in [0, 0.05) is 27.7 Å². The van der Waals surface area contributed by atoms with Gasteiger partial charge >= 0.3 is 0 Å². The first-order valence-electron chi connectivity index (χ1n) is 5.77. The zero-order valence-electron chi connectivity index (χ0n) is 9.95. The fourth-order valence-corrected chi connectivity index (χ4v) is 2.82. The Balaban J connectivity index is 1.89. The molecule has 0 saturated heterocycles. The van der Waals surface area contributed by atoms with Crippen LogP contribution < -0.4 is 0 Å². The van der Waals surface area contributed by atoms with Crippen molar-refractivity contribution in [1.82, 2.24) is 10.0 Å². The smallest absolute Gasteiger partial charge is 0.121 e. The summed E-state index contributed by atoms with van der Waals surface area (Å²) < 4.78 is 0. The summed E-state index contributed by atoms with van der Waals surface area (Å²) in [6, 6.07) is 7.62. The van der Waals surface area contributed by atoms with Crippen molar-refractivity contribution in [2.45, 2.75) is 0 Å². The van der Waals surface area contributed by atoms with Crippen LogP contribution in [-0.4, -0.2) is 21.8 Å². The van der Waals surface area contributed by atoms with Gasteiger partial charge in [0.25, 0.3) is 0 Å². The molecule has 1 aliphatic heterocycles. The second-order valence-electron chi connectivity index (χ2n) is 4.18. The Labute approximate surface area is 120 Å². The van der Waals surface area contributed by atoms with Crippen molar-refractivity contribution in [3.63, 3.8) is 0 Å². The van der Waals surface area contributed by atoms with Crippen LogP contribution in [0, 0.1) is 0 Å². The predicted molar refractivity (Wildman–Crippen MR) is 78.2 cm³/mol. The number of rotatable bonds is 2. The average molecular weight is 291 g/mol. The van der Waals surface area contributed by atoms with Gasteiger partial charge in [-0.2, -0.15) is 0 Å². The largest absolute Gasteiger partial charge is 0.289 e. The molecule has 0 bridgehead atoms. The molecule has 0 unspecified atom stereocenters. The van der Waals surface area contributed by atoms with Gasteiger partial charge in [-0.25, -0.2) is 4.98 Å². The van der Waals surface area contributed by atoms with Crippen LogP contribution in [0.5, 0.6) is 0 Å². The van der Waals surface area contributed by atoms with E-state index in [4.69, 9.17) is 11.6 Å². The second kappa shape index (κ2) is 5.17. The molecular weight excluding hydrogens is 280 g/mol. The van der Waals surface area contributed by atoms with Gasteiger partial charge in [-0.05, 0) is 18.2 Å².